The standard InChI is InChI=1S/C12H18INO/c1-3-14(4-2)9-12(15)10-5-7-11(13)8-6-10/h5-8,12,15H,3-4,9H2,1-2H3/t12-/m1/s1. The molecule has 0 saturated heterocycles. The summed E-state index contributed by atoms with van der Waals surface area (Å²) in [4.78, 5) is 2.22. The number of hydrogen-bond acceptors (Lipinski definition) is 2. The van der Waals surface area contributed by atoms with E-state index in [-0.39, 0.29) is 6.10 Å². The minimum atomic E-state index is -0.373. The Morgan fingerprint density at radius 2 is 1.73 bits per heavy atom. The summed E-state index contributed by atoms with van der Waals surface area (Å²) in [6, 6.07) is 8.05. The van der Waals surface area contributed by atoms with Crippen molar-refractivity contribution in [3.05, 3.63) is 33.4 Å². The van der Waals surface area contributed by atoms with Crippen molar-refractivity contribution in [1.82, 2.24) is 4.90 Å². The second-order valence-electron chi connectivity index (χ2n) is 3.55. The maximum absolute atomic E-state index is 10.00. The van der Waals surface area contributed by atoms with Gasteiger partial charge in [0.1, 0.15) is 0 Å². The molecule has 1 aromatic carbocycles. The number of nitrogens with zero attached hydrogens (tertiary/aromatic N) is 1. The third-order valence-corrected chi connectivity index (χ3v) is 3.30. The minimum Gasteiger partial charge on any atom is -0.387 e. The number of halogens is 1. The fourth-order valence-corrected chi connectivity index (χ4v) is 1.88. The van der Waals surface area contributed by atoms with Gasteiger partial charge in [0.2, 0.25) is 0 Å². The molecule has 0 heterocycles. The van der Waals surface area contributed by atoms with Gasteiger partial charge in [0, 0.05) is 10.1 Å². The van der Waals surface area contributed by atoms with Crippen molar-refractivity contribution in [2.45, 2.75) is 20.0 Å². The molecule has 0 unspecified atom stereocenters. The number of benzene rings is 1. The van der Waals surface area contributed by atoms with Gasteiger partial charge in [-0.3, -0.25) is 0 Å². The summed E-state index contributed by atoms with van der Waals surface area (Å²) in [5.74, 6) is 0. The minimum absolute atomic E-state index is 0.373. The first kappa shape index (κ1) is 12.9. The fraction of sp³-hybridized carbons (Fsp3) is 0.500. The van der Waals surface area contributed by atoms with E-state index in [1.165, 1.54) is 3.57 Å². The fourth-order valence-electron chi connectivity index (χ4n) is 1.52. The Labute approximate surface area is 105 Å². The average molecular weight is 319 g/mol. The van der Waals surface area contributed by atoms with Gasteiger partial charge in [-0.25, -0.2) is 0 Å². The Balaban J connectivity index is 2.60. The number of likely N-dealkylation sites (N-methyl/N-ethyl adjacent to an activating group) is 1. The quantitative estimate of drug-likeness (QED) is 0.844. The smallest absolute Gasteiger partial charge is 0.0916 e. The molecule has 3 heteroatoms. The Hall–Kier alpha value is -0.130. The van der Waals surface area contributed by atoms with Gasteiger partial charge in [-0.15, -0.1) is 0 Å². The summed E-state index contributed by atoms with van der Waals surface area (Å²) in [6.45, 7) is 6.91. The van der Waals surface area contributed by atoms with Crippen LogP contribution in [0, 0.1) is 3.57 Å². The lowest BCUT2D eigenvalue weighted by Crippen LogP contribution is -2.28. The van der Waals surface area contributed by atoms with Crippen LogP contribution >= 0.6 is 22.6 Å². The lowest BCUT2D eigenvalue weighted by Gasteiger charge is -2.22. The van der Waals surface area contributed by atoms with Crippen LogP contribution in [0.1, 0.15) is 25.5 Å². The molecule has 0 aliphatic carbocycles. The largest absolute Gasteiger partial charge is 0.387 e. The van der Waals surface area contributed by atoms with Crippen LogP contribution in [0.25, 0.3) is 0 Å². The van der Waals surface area contributed by atoms with Gasteiger partial charge in [0.05, 0.1) is 6.10 Å². The lowest BCUT2D eigenvalue weighted by atomic mass is 10.1. The van der Waals surface area contributed by atoms with Crippen LogP contribution < -0.4 is 0 Å². The zero-order valence-corrected chi connectivity index (χ0v) is 11.4. The monoisotopic (exact) mass is 319 g/mol. The first-order chi connectivity index (χ1) is 7.17. The zero-order chi connectivity index (χ0) is 11.3. The van der Waals surface area contributed by atoms with Gasteiger partial charge in [0.25, 0.3) is 0 Å². The molecule has 1 aromatic rings. The first-order valence-electron chi connectivity index (χ1n) is 5.33. The predicted molar refractivity (Wildman–Crippen MR) is 71.9 cm³/mol. The molecule has 0 bridgehead atoms. The van der Waals surface area contributed by atoms with E-state index in [0.717, 1.165) is 18.7 Å². The number of aliphatic hydroxyl groups is 1. The van der Waals surface area contributed by atoms with Crippen molar-refractivity contribution in [2.75, 3.05) is 19.6 Å². The molecular formula is C12H18INO. The molecule has 84 valence electrons. The molecule has 0 aliphatic heterocycles. The van der Waals surface area contributed by atoms with Crippen molar-refractivity contribution in [3.8, 4) is 0 Å². The molecule has 2 nitrogen and oxygen atoms in total. The van der Waals surface area contributed by atoms with Crippen LogP contribution in [0.15, 0.2) is 24.3 Å². The molecule has 0 aliphatic rings. The summed E-state index contributed by atoms with van der Waals surface area (Å²) < 4.78 is 1.20. The summed E-state index contributed by atoms with van der Waals surface area (Å²) >= 11 is 2.27. The van der Waals surface area contributed by atoms with Gasteiger partial charge in [-0.05, 0) is 53.4 Å². The molecule has 1 rings (SSSR count). The second kappa shape index (κ2) is 6.45. The summed E-state index contributed by atoms with van der Waals surface area (Å²) in [7, 11) is 0. The number of aliphatic hydroxyl groups excluding tert-OH is 1. The van der Waals surface area contributed by atoms with E-state index in [9.17, 15) is 5.11 Å². The predicted octanol–water partition coefficient (Wildman–Crippen LogP) is 2.67. The topological polar surface area (TPSA) is 23.5 Å². The van der Waals surface area contributed by atoms with Crippen LogP contribution in [0.2, 0.25) is 0 Å². The van der Waals surface area contributed by atoms with Gasteiger partial charge < -0.3 is 10.0 Å². The van der Waals surface area contributed by atoms with Crippen LogP contribution in [0.5, 0.6) is 0 Å². The van der Waals surface area contributed by atoms with E-state index in [0.29, 0.717) is 6.54 Å². The Morgan fingerprint density at radius 3 is 2.20 bits per heavy atom. The maximum atomic E-state index is 10.00. The van der Waals surface area contributed by atoms with Gasteiger partial charge >= 0.3 is 0 Å². The third kappa shape index (κ3) is 4.09. The first-order valence-corrected chi connectivity index (χ1v) is 6.41. The summed E-state index contributed by atoms with van der Waals surface area (Å²) in [5.41, 5.74) is 1.00. The highest BCUT2D eigenvalue weighted by atomic mass is 127. The van der Waals surface area contributed by atoms with E-state index in [4.69, 9.17) is 0 Å². The van der Waals surface area contributed by atoms with E-state index < -0.39 is 0 Å². The molecule has 0 spiro atoms. The van der Waals surface area contributed by atoms with Crippen molar-refractivity contribution in [2.24, 2.45) is 0 Å². The van der Waals surface area contributed by atoms with E-state index in [2.05, 4.69) is 41.3 Å². The van der Waals surface area contributed by atoms with Crippen molar-refractivity contribution < 1.29 is 5.11 Å². The van der Waals surface area contributed by atoms with E-state index in [1.54, 1.807) is 0 Å². The molecule has 0 aromatic heterocycles. The summed E-state index contributed by atoms with van der Waals surface area (Å²) in [5, 5.41) is 10.00. The average Bonchev–Trinajstić information content (AvgIpc) is 2.26. The van der Waals surface area contributed by atoms with Crippen molar-refractivity contribution >= 4 is 22.6 Å². The summed E-state index contributed by atoms with van der Waals surface area (Å²) in [6.07, 6.45) is -0.373. The molecule has 0 radical (unpaired) electrons. The van der Waals surface area contributed by atoms with Crippen LogP contribution in [-0.4, -0.2) is 29.6 Å². The molecule has 0 amide bonds. The molecular weight excluding hydrogens is 301 g/mol. The van der Waals surface area contributed by atoms with Crippen molar-refractivity contribution in [3.63, 3.8) is 0 Å². The van der Waals surface area contributed by atoms with Crippen LogP contribution in [0.3, 0.4) is 0 Å². The molecule has 0 saturated carbocycles. The van der Waals surface area contributed by atoms with Gasteiger partial charge in [-0.1, -0.05) is 26.0 Å². The molecule has 0 fully saturated rings. The highest BCUT2D eigenvalue weighted by Crippen LogP contribution is 2.15. The molecule has 1 N–H and O–H groups in total. The Kier molecular flexibility index (Phi) is 5.56. The van der Waals surface area contributed by atoms with Gasteiger partial charge in [0.15, 0.2) is 0 Å². The normalized spacial score (nSPS) is 13.1. The molecule has 15 heavy (non-hydrogen) atoms. The van der Waals surface area contributed by atoms with Crippen LogP contribution in [-0.2, 0) is 0 Å². The second-order valence-corrected chi connectivity index (χ2v) is 4.80. The third-order valence-electron chi connectivity index (χ3n) is 2.58. The maximum Gasteiger partial charge on any atom is 0.0916 e. The van der Waals surface area contributed by atoms with E-state index >= 15 is 0 Å². The highest BCUT2D eigenvalue weighted by Gasteiger charge is 2.10. The van der Waals surface area contributed by atoms with E-state index in [1.807, 2.05) is 24.3 Å². The van der Waals surface area contributed by atoms with Crippen LogP contribution in [0.4, 0.5) is 0 Å². The SMILES string of the molecule is CCN(CC)C[C@@H](O)c1ccc(I)cc1. The highest BCUT2D eigenvalue weighted by molar-refractivity contribution is 14.1. The number of hydrogen-bond donors (Lipinski definition) is 1. The molecule has 1 atom stereocenters. The Bertz CT molecular complexity index is 282. The van der Waals surface area contributed by atoms with Gasteiger partial charge in [-0.2, -0.15) is 0 Å². The number of rotatable bonds is 5. The zero-order valence-electron chi connectivity index (χ0n) is 9.28. The lowest BCUT2D eigenvalue weighted by molar-refractivity contribution is 0.119. The van der Waals surface area contributed by atoms with Crippen molar-refractivity contribution in [1.29, 1.82) is 0 Å². The Morgan fingerprint density at radius 1 is 1.20 bits per heavy atom.